The Morgan fingerprint density at radius 3 is 3.11 bits per heavy atom. The molecule has 1 aromatic carbocycles. The molecule has 4 nitrogen and oxygen atoms in total. The molecule has 3 rings (SSSR count). The number of carbonyl (C=O) groups excluding carboxylic acids is 1. The molecule has 0 saturated carbocycles. The Morgan fingerprint density at radius 2 is 2.32 bits per heavy atom. The number of carbonyl (C=O) groups is 1. The number of nitrogens with one attached hydrogen (secondary N) is 2. The van der Waals surface area contributed by atoms with Crippen LogP contribution < -0.4 is 10.6 Å². The van der Waals surface area contributed by atoms with Crippen LogP contribution in [0.25, 0.3) is 0 Å². The van der Waals surface area contributed by atoms with E-state index in [0.717, 1.165) is 17.0 Å². The monoisotopic (exact) mass is 273 g/mol. The highest BCUT2D eigenvalue weighted by molar-refractivity contribution is 7.15. The first kappa shape index (κ1) is 12.3. The summed E-state index contributed by atoms with van der Waals surface area (Å²) in [5, 5.41) is 6.86. The van der Waals surface area contributed by atoms with Gasteiger partial charge in [-0.25, -0.2) is 4.98 Å². The number of thiazole rings is 1. The second-order valence-corrected chi connectivity index (χ2v) is 5.88. The van der Waals surface area contributed by atoms with Crippen molar-refractivity contribution >= 4 is 22.4 Å². The molecule has 1 aromatic heterocycles. The average molecular weight is 273 g/mol. The minimum absolute atomic E-state index is 0.00833. The molecule has 2 N–H and O–H groups in total. The Bertz CT molecular complexity index is 608. The summed E-state index contributed by atoms with van der Waals surface area (Å²) in [4.78, 5) is 17.6. The summed E-state index contributed by atoms with van der Waals surface area (Å²) >= 11 is 1.50. The van der Waals surface area contributed by atoms with Crippen LogP contribution in [0.15, 0.2) is 30.5 Å². The fraction of sp³-hybridized carbons (Fsp3) is 0.286. The lowest BCUT2D eigenvalue weighted by molar-refractivity contribution is -0.117. The summed E-state index contributed by atoms with van der Waals surface area (Å²) in [5.74, 6) is -0.136. The van der Waals surface area contributed by atoms with Crippen LogP contribution in [0.2, 0.25) is 0 Å². The van der Waals surface area contributed by atoms with Gasteiger partial charge in [0.25, 0.3) is 0 Å². The highest BCUT2D eigenvalue weighted by Gasteiger charge is 2.26. The molecule has 19 heavy (non-hydrogen) atoms. The molecule has 1 atom stereocenters. The van der Waals surface area contributed by atoms with E-state index in [-0.39, 0.29) is 11.8 Å². The molecule has 0 saturated heterocycles. The minimum atomic E-state index is -0.144. The number of benzene rings is 1. The van der Waals surface area contributed by atoms with Gasteiger partial charge in [0.15, 0.2) is 5.13 Å². The van der Waals surface area contributed by atoms with Crippen molar-refractivity contribution in [2.75, 3.05) is 11.9 Å². The quantitative estimate of drug-likeness (QED) is 0.882. The van der Waals surface area contributed by atoms with E-state index >= 15 is 0 Å². The van der Waals surface area contributed by atoms with Gasteiger partial charge < -0.3 is 10.6 Å². The zero-order valence-electron chi connectivity index (χ0n) is 10.6. The average Bonchev–Trinajstić information content (AvgIpc) is 2.83. The van der Waals surface area contributed by atoms with Crippen molar-refractivity contribution in [1.82, 2.24) is 10.3 Å². The number of fused-ring (bicyclic) bond motifs is 1. The van der Waals surface area contributed by atoms with E-state index in [9.17, 15) is 4.79 Å². The van der Waals surface area contributed by atoms with Gasteiger partial charge in [0.1, 0.15) is 0 Å². The number of aryl methyl sites for hydroxylation is 1. The maximum Gasteiger partial charge on any atom is 0.235 e. The van der Waals surface area contributed by atoms with Gasteiger partial charge in [-0.1, -0.05) is 24.3 Å². The smallest absolute Gasteiger partial charge is 0.235 e. The van der Waals surface area contributed by atoms with Crippen LogP contribution in [-0.4, -0.2) is 17.4 Å². The summed E-state index contributed by atoms with van der Waals surface area (Å²) < 4.78 is 0. The number of aromatic nitrogens is 1. The molecular formula is C14H15N3OS. The van der Waals surface area contributed by atoms with Crippen LogP contribution in [0, 0.1) is 6.92 Å². The van der Waals surface area contributed by atoms with E-state index in [1.165, 1.54) is 16.9 Å². The second-order valence-electron chi connectivity index (χ2n) is 4.65. The van der Waals surface area contributed by atoms with Gasteiger partial charge in [-0.2, -0.15) is 0 Å². The molecule has 0 radical (unpaired) electrons. The Kier molecular flexibility index (Phi) is 3.31. The van der Waals surface area contributed by atoms with Crippen molar-refractivity contribution in [3.05, 3.63) is 46.5 Å². The van der Waals surface area contributed by atoms with Crippen molar-refractivity contribution in [1.29, 1.82) is 0 Å². The molecule has 0 aliphatic carbocycles. The third-order valence-corrected chi connectivity index (χ3v) is 4.09. The standard InChI is InChI=1S/C14H15N3OS/c1-9-6-16-14(19-9)17-13(18)12-8-15-7-10-4-2-3-5-11(10)12/h2-6,12,15H,7-8H2,1H3,(H,16,17,18). The molecule has 5 heteroatoms. The third-order valence-electron chi connectivity index (χ3n) is 3.26. The SMILES string of the molecule is Cc1cnc(NC(=O)C2CNCc3ccccc32)s1. The van der Waals surface area contributed by atoms with E-state index in [1.807, 2.05) is 25.1 Å². The first-order valence-corrected chi connectivity index (χ1v) is 7.07. The molecule has 1 amide bonds. The lowest BCUT2D eigenvalue weighted by atomic mass is 9.90. The van der Waals surface area contributed by atoms with Gasteiger partial charge in [-0.15, -0.1) is 11.3 Å². The third kappa shape index (κ3) is 2.52. The molecular weight excluding hydrogens is 258 g/mol. The summed E-state index contributed by atoms with van der Waals surface area (Å²) in [7, 11) is 0. The number of nitrogens with zero attached hydrogens (tertiary/aromatic N) is 1. The van der Waals surface area contributed by atoms with E-state index in [1.54, 1.807) is 6.20 Å². The minimum Gasteiger partial charge on any atom is -0.312 e. The lowest BCUT2D eigenvalue weighted by Gasteiger charge is -2.25. The number of amides is 1. The van der Waals surface area contributed by atoms with E-state index in [0.29, 0.717) is 11.7 Å². The van der Waals surface area contributed by atoms with Crippen molar-refractivity contribution in [3.63, 3.8) is 0 Å². The highest BCUT2D eigenvalue weighted by Crippen LogP contribution is 2.26. The molecule has 1 aliphatic heterocycles. The van der Waals surface area contributed by atoms with Crippen molar-refractivity contribution in [3.8, 4) is 0 Å². The second kappa shape index (κ2) is 5.11. The number of hydrogen-bond donors (Lipinski definition) is 2. The van der Waals surface area contributed by atoms with Gasteiger partial charge in [0.2, 0.25) is 5.91 Å². The Hall–Kier alpha value is -1.72. The fourth-order valence-corrected chi connectivity index (χ4v) is 3.00. The van der Waals surface area contributed by atoms with Crippen LogP contribution in [0.1, 0.15) is 21.9 Å². The Balaban J connectivity index is 1.81. The largest absolute Gasteiger partial charge is 0.312 e. The maximum absolute atomic E-state index is 12.4. The molecule has 1 unspecified atom stereocenters. The van der Waals surface area contributed by atoms with Crippen LogP contribution in [-0.2, 0) is 11.3 Å². The predicted molar refractivity (Wildman–Crippen MR) is 76.4 cm³/mol. The summed E-state index contributed by atoms with van der Waals surface area (Å²) in [6.45, 7) is 3.48. The van der Waals surface area contributed by atoms with Crippen LogP contribution in [0.4, 0.5) is 5.13 Å². The molecule has 0 bridgehead atoms. The summed E-state index contributed by atoms with van der Waals surface area (Å²) in [5.41, 5.74) is 2.32. The van der Waals surface area contributed by atoms with Crippen LogP contribution >= 0.6 is 11.3 Å². The van der Waals surface area contributed by atoms with Crippen molar-refractivity contribution in [2.45, 2.75) is 19.4 Å². The van der Waals surface area contributed by atoms with Crippen molar-refractivity contribution in [2.24, 2.45) is 0 Å². The topological polar surface area (TPSA) is 54.0 Å². The normalized spacial score (nSPS) is 17.8. The lowest BCUT2D eigenvalue weighted by Crippen LogP contribution is -2.35. The Morgan fingerprint density at radius 1 is 1.47 bits per heavy atom. The van der Waals surface area contributed by atoms with E-state index in [4.69, 9.17) is 0 Å². The molecule has 0 spiro atoms. The summed E-state index contributed by atoms with van der Waals surface area (Å²) in [6.07, 6.45) is 1.77. The van der Waals surface area contributed by atoms with Gasteiger partial charge in [-0.05, 0) is 18.1 Å². The number of rotatable bonds is 2. The van der Waals surface area contributed by atoms with E-state index < -0.39 is 0 Å². The van der Waals surface area contributed by atoms with Crippen LogP contribution in [0.3, 0.4) is 0 Å². The molecule has 2 aromatic rings. The zero-order chi connectivity index (χ0) is 13.2. The predicted octanol–water partition coefficient (Wildman–Crippen LogP) is 2.28. The van der Waals surface area contributed by atoms with Crippen molar-refractivity contribution < 1.29 is 4.79 Å². The maximum atomic E-state index is 12.4. The molecule has 1 aliphatic rings. The molecule has 0 fully saturated rings. The first-order chi connectivity index (χ1) is 9.24. The Labute approximate surface area is 115 Å². The first-order valence-electron chi connectivity index (χ1n) is 6.26. The number of anilines is 1. The molecule has 98 valence electrons. The van der Waals surface area contributed by atoms with Gasteiger partial charge in [-0.3, -0.25) is 4.79 Å². The van der Waals surface area contributed by atoms with Gasteiger partial charge in [0, 0.05) is 24.2 Å². The molecule has 2 heterocycles. The number of hydrogen-bond acceptors (Lipinski definition) is 4. The fourth-order valence-electron chi connectivity index (χ4n) is 2.34. The zero-order valence-corrected chi connectivity index (χ0v) is 11.5. The van der Waals surface area contributed by atoms with Crippen LogP contribution in [0.5, 0.6) is 0 Å². The highest BCUT2D eigenvalue weighted by atomic mass is 32.1. The summed E-state index contributed by atoms with van der Waals surface area (Å²) in [6, 6.07) is 8.09. The van der Waals surface area contributed by atoms with E-state index in [2.05, 4.69) is 21.7 Å². The van der Waals surface area contributed by atoms with Gasteiger partial charge >= 0.3 is 0 Å². The van der Waals surface area contributed by atoms with Gasteiger partial charge in [0.05, 0.1) is 5.92 Å².